The van der Waals surface area contributed by atoms with E-state index in [2.05, 4.69) is 36.3 Å². The van der Waals surface area contributed by atoms with Gasteiger partial charge in [0.25, 0.3) is 11.8 Å². The highest BCUT2D eigenvalue weighted by Gasteiger charge is 2.29. The predicted octanol–water partition coefficient (Wildman–Crippen LogP) is 4.44. The molecular formula is C34H41N5O4. The van der Waals surface area contributed by atoms with Crippen LogP contribution in [0, 0.1) is 6.92 Å². The van der Waals surface area contributed by atoms with Gasteiger partial charge in [-0.3, -0.25) is 14.6 Å². The number of morpholine rings is 1. The molecule has 3 N–H and O–H groups in total. The van der Waals surface area contributed by atoms with Crippen molar-refractivity contribution in [2.45, 2.75) is 45.4 Å². The number of likely N-dealkylation sites (N-methyl/N-ethyl adjacent to an activating group) is 1. The van der Waals surface area contributed by atoms with Crippen molar-refractivity contribution in [2.24, 2.45) is 4.99 Å². The first-order valence-corrected chi connectivity index (χ1v) is 14.7. The Morgan fingerprint density at radius 3 is 2.44 bits per heavy atom. The zero-order valence-electron chi connectivity index (χ0n) is 25.6. The van der Waals surface area contributed by atoms with Crippen LogP contribution in [0.25, 0.3) is 0 Å². The van der Waals surface area contributed by atoms with Crippen LogP contribution in [-0.2, 0) is 14.9 Å². The number of aliphatic hydroxyl groups is 1. The van der Waals surface area contributed by atoms with Crippen molar-refractivity contribution in [2.75, 3.05) is 55.4 Å². The van der Waals surface area contributed by atoms with E-state index in [1.807, 2.05) is 73.7 Å². The first kappa shape index (κ1) is 30.3. The Balaban J connectivity index is 1.32. The minimum absolute atomic E-state index is 0.00420. The maximum Gasteiger partial charge on any atom is 0.272 e. The number of benzene rings is 3. The number of rotatable bonds is 7. The number of hydrogen-bond donors (Lipinski definition) is 3. The Kier molecular flexibility index (Phi) is 8.84. The summed E-state index contributed by atoms with van der Waals surface area (Å²) in [6.07, 6.45) is -0.519. The van der Waals surface area contributed by atoms with Crippen LogP contribution in [0.1, 0.15) is 47.8 Å². The number of carbonyl (C=O) groups is 2. The van der Waals surface area contributed by atoms with Gasteiger partial charge in [-0.1, -0.05) is 45.0 Å². The third-order valence-corrected chi connectivity index (χ3v) is 8.04. The molecule has 0 spiro atoms. The molecule has 2 aliphatic heterocycles. The minimum Gasteiger partial charge on any atom is -0.394 e. The number of aliphatic imine (C=N–C) groups is 1. The zero-order valence-corrected chi connectivity index (χ0v) is 25.6. The van der Waals surface area contributed by atoms with Crippen molar-refractivity contribution in [3.05, 3.63) is 89.0 Å². The van der Waals surface area contributed by atoms with Gasteiger partial charge in [-0.2, -0.15) is 0 Å². The summed E-state index contributed by atoms with van der Waals surface area (Å²) in [7, 11) is 1.77. The highest BCUT2D eigenvalue weighted by molar-refractivity contribution is 6.46. The summed E-state index contributed by atoms with van der Waals surface area (Å²) in [6, 6.07) is 21.3. The molecule has 2 heterocycles. The van der Waals surface area contributed by atoms with E-state index in [4.69, 9.17) is 9.73 Å². The summed E-state index contributed by atoms with van der Waals surface area (Å²) in [5.41, 5.74) is 6.14. The average molecular weight is 584 g/mol. The van der Waals surface area contributed by atoms with Crippen LogP contribution in [0.4, 0.5) is 17.1 Å². The van der Waals surface area contributed by atoms with Gasteiger partial charge in [-0.15, -0.1) is 0 Å². The molecule has 1 unspecified atom stereocenters. The summed E-state index contributed by atoms with van der Waals surface area (Å²) in [5, 5.41) is 15.9. The van der Waals surface area contributed by atoms with Crippen LogP contribution >= 0.6 is 0 Å². The third-order valence-electron chi connectivity index (χ3n) is 8.04. The fourth-order valence-electron chi connectivity index (χ4n) is 5.41. The molecule has 9 nitrogen and oxygen atoms in total. The normalized spacial score (nSPS) is 19.2. The lowest BCUT2D eigenvalue weighted by molar-refractivity contribution is -0.123. The van der Waals surface area contributed by atoms with E-state index in [-0.39, 0.29) is 36.1 Å². The zero-order chi connectivity index (χ0) is 30.7. The largest absolute Gasteiger partial charge is 0.394 e. The fourth-order valence-corrected chi connectivity index (χ4v) is 5.41. The molecule has 1 saturated heterocycles. The number of aliphatic hydroxyl groups excluding tert-OH is 1. The average Bonchev–Trinajstić information content (AvgIpc) is 3.00. The molecule has 5 rings (SSSR count). The lowest BCUT2D eigenvalue weighted by Crippen LogP contribution is -2.46. The van der Waals surface area contributed by atoms with Crippen LogP contribution in [-0.4, -0.2) is 79.7 Å². The highest BCUT2D eigenvalue weighted by Crippen LogP contribution is 2.26. The fraction of sp³-hybridized carbons (Fsp3) is 0.382. The molecular weight excluding hydrogens is 542 g/mol. The monoisotopic (exact) mass is 583 g/mol. The summed E-state index contributed by atoms with van der Waals surface area (Å²) in [5.74, 6) is -0.370. The van der Waals surface area contributed by atoms with Crippen molar-refractivity contribution < 1.29 is 19.4 Å². The first-order valence-electron chi connectivity index (χ1n) is 14.7. The second-order valence-electron chi connectivity index (χ2n) is 12.3. The quantitative estimate of drug-likeness (QED) is 0.380. The van der Waals surface area contributed by atoms with E-state index in [1.165, 1.54) is 0 Å². The smallest absolute Gasteiger partial charge is 0.272 e. The molecule has 9 heteroatoms. The standard InChI is InChI=1S/C34H41N5O4/c1-22-28(7-6-8-29(22)36-32(41)23-9-11-24(12-10-23)34(2,3)4)31-33(42)38(5)20-30(37-31)35-25-13-15-26(16-14-25)39-17-18-43-27(19-39)21-40/h6-16,27,30,35,40H,17-21H2,1-5H3,(H,36,41)/t27-,30?/m0/s1. The molecule has 3 aromatic rings. The number of carbonyl (C=O) groups excluding carboxylic acids is 2. The van der Waals surface area contributed by atoms with Crippen molar-refractivity contribution >= 4 is 34.6 Å². The molecule has 3 aromatic carbocycles. The maximum atomic E-state index is 13.3. The van der Waals surface area contributed by atoms with Crippen LogP contribution in [0.3, 0.4) is 0 Å². The van der Waals surface area contributed by atoms with Crippen LogP contribution in [0.15, 0.2) is 71.7 Å². The molecule has 0 radical (unpaired) electrons. The Morgan fingerprint density at radius 1 is 1.05 bits per heavy atom. The van der Waals surface area contributed by atoms with Gasteiger partial charge < -0.3 is 30.3 Å². The molecule has 0 aromatic heterocycles. The molecule has 2 aliphatic rings. The van der Waals surface area contributed by atoms with Crippen molar-refractivity contribution in [3.8, 4) is 0 Å². The number of ether oxygens (including phenoxy) is 1. The van der Waals surface area contributed by atoms with Gasteiger partial charge in [0.05, 0.1) is 25.9 Å². The maximum absolute atomic E-state index is 13.3. The van der Waals surface area contributed by atoms with Gasteiger partial charge in [-0.05, 0) is 65.9 Å². The molecule has 0 aliphatic carbocycles. The van der Waals surface area contributed by atoms with Gasteiger partial charge >= 0.3 is 0 Å². The van der Waals surface area contributed by atoms with Gasteiger partial charge in [0.15, 0.2) is 0 Å². The second kappa shape index (κ2) is 12.6. The number of amides is 2. The topological polar surface area (TPSA) is 106 Å². The third kappa shape index (κ3) is 6.89. The van der Waals surface area contributed by atoms with Gasteiger partial charge in [0.2, 0.25) is 0 Å². The van der Waals surface area contributed by atoms with E-state index in [0.717, 1.165) is 29.0 Å². The molecule has 0 saturated carbocycles. The van der Waals surface area contributed by atoms with Gasteiger partial charge in [0.1, 0.15) is 11.9 Å². The van der Waals surface area contributed by atoms with E-state index in [0.29, 0.717) is 42.2 Å². The summed E-state index contributed by atoms with van der Waals surface area (Å²) >= 11 is 0. The Hall–Kier alpha value is -4.21. The number of nitrogens with one attached hydrogen (secondary N) is 2. The summed E-state index contributed by atoms with van der Waals surface area (Å²) in [4.78, 5) is 35.1. The Bertz CT molecular complexity index is 1490. The van der Waals surface area contributed by atoms with E-state index in [1.54, 1.807) is 11.9 Å². The van der Waals surface area contributed by atoms with Crippen LogP contribution in [0.2, 0.25) is 0 Å². The molecule has 1 fully saturated rings. The SMILES string of the molecule is Cc1c(NC(=O)c2ccc(C(C)(C)C)cc2)cccc1C1=NC(Nc2ccc(N3CCO[C@H](CO)C3)cc2)CN(C)C1=O. The number of hydrogen-bond acceptors (Lipinski definition) is 7. The molecule has 226 valence electrons. The highest BCUT2D eigenvalue weighted by atomic mass is 16.5. The summed E-state index contributed by atoms with van der Waals surface area (Å²) in [6.45, 7) is 10.7. The molecule has 43 heavy (non-hydrogen) atoms. The summed E-state index contributed by atoms with van der Waals surface area (Å²) < 4.78 is 5.57. The first-order chi connectivity index (χ1) is 20.5. The number of nitrogens with zero attached hydrogens (tertiary/aromatic N) is 3. The van der Waals surface area contributed by atoms with Crippen LogP contribution < -0.4 is 15.5 Å². The minimum atomic E-state index is -0.343. The molecule has 2 amide bonds. The predicted molar refractivity (Wildman–Crippen MR) is 171 cm³/mol. The van der Waals surface area contributed by atoms with Crippen LogP contribution in [0.5, 0.6) is 0 Å². The van der Waals surface area contributed by atoms with E-state index >= 15 is 0 Å². The van der Waals surface area contributed by atoms with E-state index in [9.17, 15) is 14.7 Å². The van der Waals surface area contributed by atoms with Gasteiger partial charge in [-0.25, -0.2) is 0 Å². The van der Waals surface area contributed by atoms with Crippen molar-refractivity contribution in [1.82, 2.24) is 4.90 Å². The van der Waals surface area contributed by atoms with Crippen molar-refractivity contribution in [3.63, 3.8) is 0 Å². The molecule has 2 atom stereocenters. The number of anilines is 3. The Morgan fingerprint density at radius 2 is 1.77 bits per heavy atom. The second-order valence-corrected chi connectivity index (χ2v) is 12.3. The molecule has 0 bridgehead atoms. The van der Waals surface area contributed by atoms with Crippen molar-refractivity contribution in [1.29, 1.82) is 0 Å². The lowest BCUT2D eigenvalue weighted by atomic mass is 9.86. The Labute approximate surface area is 253 Å². The van der Waals surface area contributed by atoms with Gasteiger partial charge in [0, 0.05) is 48.3 Å². The van der Waals surface area contributed by atoms with E-state index < -0.39 is 0 Å². The lowest BCUT2D eigenvalue weighted by Gasteiger charge is -2.34.